The highest BCUT2D eigenvalue weighted by atomic mass is 32.2. The van der Waals surface area contributed by atoms with E-state index >= 15 is 0 Å². The van der Waals surface area contributed by atoms with Gasteiger partial charge in [-0.3, -0.25) is 4.21 Å². The maximum absolute atomic E-state index is 12.4. The minimum atomic E-state index is -0.672. The normalized spacial score (nSPS) is 38.3. The summed E-state index contributed by atoms with van der Waals surface area (Å²) in [4.78, 5) is 0. The molecular weight excluding hydrogens is 206 g/mol. The monoisotopic (exact) mass is 229 g/mol. The minimum Gasteiger partial charge on any atom is -0.326 e. The SMILES string of the molecule is CC1(C)CCC(S(=O)C2CCCC2)C1N. The second-order valence-corrected chi connectivity index (χ2v) is 7.76. The van der Waals surface area contributed by atoms with Crippen LogP contribution in [0.3, 0.4) is 0 Å². The number of rotatable bonds is 2. The van der Waals surface area contributed by atoms with Gasteiger partial charge in [0.1, 0.15) is 0 Å². The van der Waals surface area contributed by atoms with Crippen molar-refractivity contribution in [3.8, 4) is 0 Å². The van der Waals surface area contributed by atoms with E-state index in [1.807, 2.05) is 0 Å². The standard InChI is InChI=1S/C12H23NOS/c1-12(2)8-7-10(11(12)13)15(14)9-5-3-4-6-9/h9-11H,3-8,13H2,1-2H3. The molecule has 2 aliphatic rings. The molecule has 2 nitrogen and oxygen atoms in total. The predicted molar refractivity (Wildman–Crippen MR) is 65.2 cm³/mol. The van der Waals surface area contributed by atoms with Crippen molar-refractivity contribution in [2.45, 2.75) is 68.9 Å². The molecule has 2 N–H and O–H groups in total. The summed E-state index contributed by atoms with van der Waals surface area (Å²) in [5, 5.41) is 0.720. The minimum absolute atomic E-state index is 0.138. The summed E-state index contributed by atoms with van der Waals surface area (Å²) in [7, 11) is -0.672. The van der Waals surface area contributed by atoms with Crippen LogP contribution < -0.4 is 5.73 Å². The van der Waals surface area contributed by atoms with E-state index in [0.29, 0.717) is 5.25 Å². The fraction of sp³-hybridized carbons (Fsp3) is 1.00. The summed E-state index contributed by atoms with van der Waals surface area (Å²) in [6.07, 6.45) is 7.06. The van der Waals surface area contributed by atoms with Crippen LogP contribution in [0.2, 0.25) is 0 Å². The van der Waals surface area contributed by atoms with Crippen LogP contribution >= 0.6 is 0 Å². The smallest absolute Gasteiger partial charge is 0.0507 e. The van der Waals surface area contributed by atoms with E-state index in [1.54, 1.807) is 0 Å². The molecule has 0 heterocycles. The molecule has 3 unspecified atom stereocenters. The maximum Gasteiger partial charge on any atom is 0.0507 e. The molecule has 0 amide bonds. The van der Waals surface area contributed by atoms with Crippen molar-refractivity contribution in [2.24, 2.45) is 11.1 Å². The molecule has 0 radical (unpaired) electrons. The summed E-state index contributed by atoms with van der Waals surface area (Å²) < 4.78 is 12.4. The molecule has 15 heavy (non-hydrogen) atoms. The summed E-state index contributed by atoms with van der Waals surface area (Å²) >= 11 is 0. The van der Waals surface area contributed by atoms with Gasteiger partial charge in [-0.25, -0.2) is 0 Å². The van der Waals surface area contributed by atoms with Gasteiger partial charge in [0.25, 0.3) is 0 Å². The lowest BCUT2D eigenvalue weighted by Gasteiger charge is -2.27. The molecule has 0 spiro atoms. The molecule has 0 aromatic rings. The van der Waals surface area contributed by atoms with Crippen LogP contribution in [0.5, 0.6) is 0 Å². The van der Waals surface area contributed by atoms with Gasteiger partial charge in [-0.1, -0.05) is 26.7 Å². The van der Waals surface area contributed by atoms with Crippen molar-refractivity contribution >= 4 is 10.8 Å². The summed E-state index contributed by atoms with van der Waals surface area (Å²) in [5.41, 5.74) is 6.43. The molecule has 2 saturated carbocycles. The summed E-state index contributed by atoms with van der Waals surface area (Å²) in [5.74, 6) is 0. The lowest BCUT2D eigenvalue weighted by Crippen LogP contribution is -2.43. The van der Waals surface area contributed by atoms with Gasteiger partial charge in [0.15, 0.2) is 0 Å². The predicted octanol–water partition coefficient (Wildman–Crippen LogP) is 2.19. The van der Waals surface area contributed by atoms with Gasteiger partial charge in [-0.15, -0.1) is 0 Å². The van der Waals surface area contributed by atoms with Gasteiger partial charge >= 0.3 is 0 Å². The van der Waals surface area contributed by atoms with Gasteiger partial charge < -0.3 is 5.73 Å². The third-order valence-electron chi connectivity index (χ3n) is 4.31. The van der Waals surface area contributed by atoms with Gasteiger partial charge in [0.2, 0.25) is 0 Å². The zero-order valence-corrected chi connectivity index (χ0v) is 10.7. The molecule has 3 heteroatoms. The average Bonchev–Trinajstić information content (AvgIpc) is 2.76. The van der Waals surface area contributed by atoms with E-state index in [9.17, 15) is 4.21 Å². The zero-order valence-electron chi connectivity index (χ0n) is 9.87. The Balaban J connectivity index is 2.02. The molecule has 2 aliphatic carbocycles. The molecule has 0 aliphatic heterocycles. The second-order valence-electron chi connectivity index (χ2n) is 5.83. The first-order valence-electron chi connectivity index (χ1n) is 6.17. The Bertz CT molecular complexity index is 258. The van der Waals surface area contributed by atoms with Gasteiger partial charge in [0.05, 0.1) is 5.25 Å². The second kappa shape index (κ2) is 4.17. The highest BCUT2D eigenvalue weighted by Crippen LogP contribution is 2.40. The molecule has 3 atom stereocenters. The quantitative estimate of drug-likeness (QED) is 0.789. The van der Waals surface area contributed by atoms with Crippen LogP contribution in [0.1, 0.15) is 52.4 Å². The Kier molecular flexibility index (Phi) is 3.22. The molecule has 0 aromatic heterocycles. The van der Waals surface area contributed by atoms with Gasteiger partial charge in [-0.05, 0) is 31.1 Å². The molecule has 2 rings (SSSR count). The first-order valence-corrected chi connectivity index (χ1v) is 7.45. The van der Waals surface area contributed by atoms with Crippen LogP contribution in [0.15, 0.2) is 0 Å². The Morgan fingerprint density at radius 3 is 2.27 bits per heavy atom. The topological polar surface area (TPSA) is 43.1 Å². The average molecular weight is 229 g/mol. The van der Waals surface area contributed by atoms with Gasteiger partial charge in [-0.2, -0.15) is 0 Å². The van der Waals surface area contributed by atoms with E-state index in [2.05, 4.69) is 13.8 Å². The highest BCUT2D eigenvalue weighted by molar-refractivity contribution is 7.86. The van der Waals surface area contributed by atoms with E-state index in [4.69, 9.17) is 5.73 Å². The molecule has 0 saturated heterocycles. The molecule has 2 fully saturated rings. The largest absolute Gasteiger partial charge is 0.326 e. The van der Waals surface area contributed by atoms with Crippen molar-refractivity contribution in [3.63, 3.8) is 0 Å². The van der Waals surface area contributed by atoms with Crippen molar-refractivity contribution in [2.75, 3.05) is 0 Å². The van der Waals surface area contributed by atoms with Crippen LogP contribution in [0.25, 0.3) is 0 Å². The Morgan fingerprint density at radius 1 is 1.20 bits per heavy atom. The van der Waals surface area contributed by atoms with E-state index in [1.165, 1.54) is 12.8 Å². The number of hydrogen-bond acceptors (Lipinski definition) is 2. The molecule has 0 aromatic carbocycles. The summed E-state index contributed by atoms with van der Waals surface area (Å²) in [6.45, 7) is 4.42. The lowest BCUT2D eigenvalue weighted by molar-refractivity contribution is 0.333. The summed E-state index contributed by atoms with van der Waals surface area (Å²) in [6, 6.07) is 0.138. The van der Waals surface area contributed by atoms with Crippen LogP contribution in [0, 0.1) is 5.41 Å². The Morgan fingerprint density at radius 2 is 1.80 bits per heavy atom. The number of nitrogens with two attached hydrogens (primary N) is 1. The zero-order chi connectivity index (χ0) is 11.1. The fourth-order valence-corrected chi connectivity index (χ4v) is 5.29. The van der Waals surface area contributed by atoms with Gasteiger partial charge in [0, 0.05) is 22.1 Å². The lowest BCUT2D eigenvalue weighted by atomic mass is 9.88. The molecule has 0 bridgehead atoms. The van der Waals surface area contributed by atoms with Crippen molar-refractivity contribution in [1.29, 1.82) is 0 Å². The van der Waals surface area contributed by atoms with Crippen LogP contribution in [0.4, 0.5) is 0 Å². The highest BCUT2D eigenvalue weighted by Gasteiger charge is 2.44. The third kappa shape index (κ3) is 2.14. The third-order valence-corrected chi connectivity index (χ3v) is 6.56. The Labute approximate surface area is 95.5 Å². The number of hydrogen-bond donors (Lipinski definition) is 1. The van der Waals surface area contributed by atoms with Crippen molar-refractivity contribution in [3.05, 3.63) is 0 Å². The maximum atomic E-state index is 12.4. The van der Waals surface area contributed by atoms with E-state index in [0.717, 1.165) is 25.7 Å². The van der Waals surface area contributed by atoms with Crippen LogP contribution in [-0.4, -0.2) is 20.8 Å². The Hall–Kier alpha value is 0.110. The van der Waals surface area contributed by atoms with Crippen molar-refractivity contribution in [1.82, 2.24) is 0 Å². The van der Waals surface area contributed by atoms with Crippen LogP contribution in [-0.2, 0) is 10.8 Å². The fourth-order valence-electron chi connectivity index (χ4n) is 2.99. The van der Waals surface area contributed by atoms with E-state index < -0.39 is 10.8 Å². The molecule has 88 valence electrons. The first kappa shape index (κ1) is 11.6. The van der Waals surface area contributed by atoms with E-state index in [-0.39, 0.29) is 16.7 Å². The van der Waals surface area contributed by atoms with Crippen molar-refractivity contribution < 1.29 is 4.21 Å². The first-order chi connectivity index (χ1) is 7.02. The molecular formula is C12H23NOS.